The lowest BCUT2D eigenvalue weighted by atomic mass is 10.1. The van der Waals surface area contributed by atoms with Crippen LogP contribution in [0.5, 0.6) is 0 Å². The highest BCUT2D eigenvalue weighted by atomic mass is 16.2. The van der Waals surface area contributed by atoms with Crippen molar-refractivity contribution < 1.29 is 4.79 Å². The van der Waals surface area contributed by atoms with E-state index in [1.165, 1.54) is 11.8 Å². The lowest BCUT2D eigenvalue weighted by Crippen LogP contribution is -2.38. The predicted molar refractivity (Wildman–Crippen MR) is 93.1 cm³/mol. The first kappa shape index (κ1) is 14.6. The number of carbonyl (C=O) groups excluding carboxylic acids is 1. The standard InChI is InChI=1S/C19H17N3O2/c1-13-10-14-6-2-4-8-16(14)22(13)19(24)12-21-17-9-5-3-7-15(17)18(23)11-20-21/h2-9,11,13H,10,12H2,1H3/t13-/m0/s1. The molecule has 0 N–H and O–H groups in total. The molecule has 5 nitrogen and oxygen atoms in total. The second-order valence-corrected chi connectivity index (χ2v) is 6.13. The van der Waals surface area contributed by atoms with Gasteiger partial charge >= 0.3 is 0 Å². The molecule has 0 saturated heterocycles. The average molecular weight is 319 g/mol. The fourth-order valence-electron chi connectivity index (χ4n) is 3.44. The summed E-state index contributed by atoms with van der Waals surface area (Å²) in [5.41, 5.74) is 2.71. The van der Waals surface area contributed by atoms with Crippen LogP contribution in [-0.4, -0.2) is 21.7 Å². The van der Waals surface area contributed by atoms with Crippen LogP contribution in [0.4, 0.5) is 5.69 Å². The normalized spacial score (nSPS) is 16.4. The van der Waals surface area contributed by atoms with Crippen molar-refractivity contribution in [1.29, 1.82) is 0 Å². The second-order valence-electron chi connectivity index (χ2n) is 6.13. The summed E-state index contributed by atoms with van der Waals surface area (Å²) in [6.45, 7) is 2.16. The highest BCUT2D eigenvalue weighted by molar-refractivity contribution is 5.96. The number of amides is 1. The van der Waals surface area contributed by atoms with Gasteiger partial charge in [0, 0.05) is 17.1 Å². The van der Waals surface area contributed by atoms with E-state index in [1.54, 1.807) is 10.7 Å². The molecule has 1 atom stereocenters. The zero-order valence-corrected chi connectivity index (χ0v) is 13.3. The van der Waals surface area contributed by atoms with Gasteiger partial charge in [-0.1, -0.05) is 30.3 Å². The van der Waals surface area contributed by atoms with Gasteiger partial charge in [0.05, 0.1) is 11.7 Å². The summed E-state index contributed by atoms with van der Waals surface area (Å²) in [6.07, 6.45) is 2.14. The van der Waals surface area contributed by atoms with Crippen LogP contribution in [0.3, 0.4) is 0 Å². The number of hydrogen-bond acceptors (Lipinski definition) is 3. The molecule has 0 fully saturated rings. The maximum absolute atomic E-state index is 12.9. The van der Waals surface area contributed by atoms with Gasteiger partial charge < -0.3 is 4.90 Å². The molecule has 120 valence electrons. The Morgan fingerprint density at radius 2 is 1.92 bits per heavy atom. The molecule has 0 bridgehead atoms. The Morgan fingerprint density at radius 1 is 1.17 bits per heavy atom. The number of nitrogens with zero attached hydrogens (tertiary/aromatic N) is 3. The Labute approximate surface area is 139 Å². The molecule has 5 heteroatoms. The molecule has 0 saturated carbocycles. The van der Waals surface area contributed by atoms with E-state index in [1.807, 2.05) is 41.3 Å². The quantitative estimate of drug-likeness (QED) is 0.729. The minimum absolute atomic E-state index is 0.0197. The number of carbonyl (C=O) groups is 1. The van der Waals surface area contributed by atoms with Crippen LogP contribution >= 0.6 is 0 Å². The summed E-state index contributed by atoms with van der Waals surface area (Å²) >= 11 is 0. The van der Waals surface area contributed by atoms with E-state index >= 15 is 0 Å². The summed E-state index contributed by atoms with van der Waals surface area (Å²) in [6, 6.07) is 15.3. The van der Waals surface area contributed by atoms with E-state index in [2.05, 4.69) is 18.1 Å². The molecular formula is C19H17N3O2. The Balaban J connectivity index is 1.71. The van der Waals surface area contributed by atoms with E-state index in [4.69, 9.17) is 0 Å². The lowest BCUT2D eigenvalue weighted by Gasteiger charge is -2.23. The van der Waals surface area contributed by atoms with Gasteiger partial charge in [-0.15, -0.1) is 0 Å². The van der Waals surface area contributed by atoms with Crippen molar-refractivity contribution in [2.45, 2.75) is 25.9 Å². The van der Waals surface area contributed by atoms with Crippen molar-refractivity contribution in [2.75, 3.05) is 4.90 Å². The fraction of sp³-hybridized carbons (Fsp3) is 0.211. The zero-order chi connectivity index (χ0) is 16.7. The van der Waals surface area contributed by atoms with Crippen molar-refractivity contribution in [3.63, 3.8) is 0 Å². The second kappa shape index (κ2) is 5.60. The number of para-hydroxylation sites is 2. The van der Waals surface area contributed by atoms with Gasteiger partial charge in [-0.3, -0.25) is 14.3 Å². The van der Waals surface area contributed by atoms with E-state index < -0.39 is 0 Å². The zero-order valence-electron chi connectivity index (χ0n) is 13.3. The highest BCUT2D eigenvalue weighted by Crippen LogP contribution is 2.32. The molecule has 1 aromatic heterocycles. The monoisotopic (exact) mass is 319 g/mol. The lowest BCUT2D eigenvalue weighted by molar-refractivity contribution is -0.119. The van der Waals surface area contributed by atoms with Crippen LogP contribution in [0.25, 0.3) is 10.9 Å². The van der Waals surface area contributed by atoms with Gasteiger partial charge in [-0.2, -0.15) is 5.10 Å². The van der Waals surface area contributed by atoms with Gasteiger partial charge in [0.2, 0.25) is 11.3 Å². The molecule has 2 aromatic carbocycles. The Hall–Kier alpha value is -2.95. The van der Waals surface area contributed by atoms with Crippen LogP contribution in [0, 0.1) is 0 Å². The molecule has 2 heterocycles. The van der Waals surface area contributed by atoms with Crippen molar-refractivity contribution in [3.8, 4) is 0 Å². The van der Waals surface area contributed by atoms with E-state index in [0.717, 1.165) is 12.1 Å². The summed E-state index contributed by atoms with van der Waals surface area (Å²) in [5.74, 6) is -0.0197. The SMILES string of the molecule is C[C@H]1Cc2ccccc2N1C(=O)Cn1ncc(=O)c2ccccc21. The maximum atomic E-state index is 12.9. The molecule has 1 amide bonds. The molecule has 0 unspecified atom stereocenters. The Bertz CT molecular complexity index is 993. The molecule has 24 heavy (non-hydrogen) atoms. The average Bonchev–Trinajstić information content (AvgIpc) is 2.93. The van der Waals surface area contributed by atoms with Crippen molar-refractivity contribution in [2.24, 2.45) is 0 Å². The predicted octanol–water partition coefficient (Wildman–Crippen LogP) is 2.37. The van der Waals surface area contributed by atoms with E-state index in [9.17, 15) is 9.59 Å². The minimum atomic E-state index is -0.130. The molecular weight excluding hydrogens is 302 g/mol. The number of benzene rings is 2. The van der Waals surface area contributed by atoms with Crippen LogP contribution in [-0.2, 0) is 17.8 Å². The summed E-state index contributed by atoms with van der Waals surface area (Å²) in [7, 11) is 0. The molecule has 0 spiro atoms. The molecule has 1 aliphatic rings. The number of hydrogen-bond donors (Lipinski definition) is 0. The number of rotatable bonds is 2. The van der Waals surface area contributed by atoms with Gasteiger partial charge in [-0.25, -0.2) is 0 Å². The minimum Gasteiger partial charge on any atom is -0.307 e. The van der Waals surface area contributed by atoms with Crippen molar-refractivity contribution in [1.82, 2.24) is 9.78 Å². The first-order valence-corrected chi connectivity index (χ1v) is 8.00. The number of fused-ring (bicyclic) bond motifs is 2. The molecule has 0 aliphatic carbocycles. The van der Waals surface area contributed by atoms with Gasteiger partial charge in [0.15, 0.2) is 0 Å². The first-order valence-electron chi connectivity index (χ1n) is 8.00. The Kier molecular flexibility index (Phi) is 3.41. The summed E-state index contributed by atoms with van der Waals surface area (Å²) in [4.78, 5) is 26.7. The fourth-order valence-corrected chi connectivity index (χ4v) is 3.44. The molecule has 4 rings (SSSR count). The highest BCUT2D eigenvalue weighted by Gasteiger charge is 2.30. The summed E-state index contributed by atoms with van der Waals surface area (Å²) < 4.78 is 1.60. The Morgan fingerprint density at radius 3 is 2.79 bits per heavy atom. The van der Waals surface area contributed by atoms with Crippen LogP contribution in [0.1, 0.15) is 12.5 Å². The smallest absolute Gasteiger partial charge is 0.249 e. The van der Waals surface area contributed by atoms with E-state index in [0.29, 0.717) is 10.9 Å². The van der Waals surface area contributed by atoms with Gasteiger partial charge in [-0.05, 0) is 37.1 Å². The topological polar surface area (TPSA) is 55.2 Å². The van der Waals surface area contributed by atoms with Gasteiger partial charge in [0.1, 0.15) is 6.54 Å². The molecule has 1 aliphatic heterocycles. The van der Waals surface area contributed by atoms with Crippen molar-refractivity contribution in [3.05, 3.63) is 70.5 Å². The van der Waals surface area contributed by atoms with Crippen LogP contribution < -0.4 is 10.3 Å². The maximum Gasteiger partial charge on any atom is 0.249 e. The van der Waals surface area contributed by atoms with Crippen LogP contribution in [0.15, 0.2) is 59.5 Å². The first-order chi connectivity index (χ1) is 11.6. The summed E-state index contributed by atoms with van der Waals surface area (Å²) in [5, 5.41) is 4.73. The third-order valence-corrected chi connectivity index (χ3v) is 4.52. The molecule has 0 radical (unpaired) electrons. The number of anilines is 1. The van der Waals surface area contributed by atoms with Gasteiger partial charge in [0.25, 0.3) is 0 Å². The molecule has 3 aromatic rings. The van der Waals surface area contributed by atoms with Crippen molar-refractivity contribution >= 4 is 22.5 Å². The third-order valence-electron chi connectivity index (χ3n) is 4.52. The number of aromatic nitrogens is 2. The van der Waals surface area contributed by atoms with Crippen LogP contribution in [0.2, 0.25) is 0 Å². The largest absolute Gasteiger partial charge is 0.307 e. The van der Waals surface area contributed by atoms with E-state index in [-0.39, 0.29) is 23.9 Å². The third kappa shape index (κ3) is 2.29.